The first-order valence-corrected chi connectivity index (χ1v) is 8.36. The molecule has 0 saturated carbocycles. The van der Waals surface area contributed by atoms with Crippen LogP contribution in [0.5, 0.6) is 0 Å². The molecule has 6 nitrogen and oxygen atoms in total. The summed E-state index contributed by atoms with van der Waals surface area (Å²) in [5.41, 5.74) is 1.52. The zero-order chi connectivity index (χ0) is 16.4. The zero-order valence-electron chi connectivity index (χ0n) is 13.8. The standard InChI is InChI=1S/C17H24N4O2/c1-3-20-7-6-14-4-5-15(11-20)21(14)17(23)16(22)19-13-8-12(2)9-18-10-13/h8-10,14-15H,3-7,11H2,1-2H3,(H,19,22)/t14-,15-/m0/s1. The molecule has 124 valence electrons. The Kier molecular flexibility index (Phi) is 4.61. The first kappa shape index (κ1) is 15.9. The van der Waals surface area contributed by atoms with Crippen molar-refractivity contribution < 1.29 is 9.59 Å². The van der Waals surface area contributed by atoms with Gasteiger partial charge in [0.15, 0.2) is 0 Å². The van der Waals surface area contributed by atoms with E-state index in [1.54, 1.807) is 12.4 Å². The maximum absolute atomic E-state index is 12.7. The Bertz CT molecular complexity index is 604. The topological polar surface area (TPSA) is 65.5 Å². The van der Waals surface area contributed by atoms with Gasteiger partial charge in [-0.15, -0.1) is 0 Å². The Morgan fingerprint density at radius 3 is 2.78 bits per heavy atom. The minimum absolute atomic E-state index is 0.163. The summed E-state index contributed by atoms with van der Waals surface area (Å²) >= 11 is 0. The molecule has 6 heteroatoms. The van der Waals surface area contributed by atoms with Crippen LogP contribution in [0.2, 0.25) is 0 Å². The lowest BCUT2D eigenvalue weighted by Gasteiger charge is -2.28. The fourth-order valence-electron chi connectivity index (χ4n) is 3.69. The molecule has 2 bridgehead atoms. The van der Waals surface area contributed by atoms with Gasteiger partial charge in [0.05, 0.1) is 11.9 Å². The Balaban J connectivity index is 1.70. The number of likely N-dealkylation sites (tertiary alicyclic amines) is 1. The molecule has 0 unspecified atom stereocenters. The van der Waals surface area contributed by atoms with Gasteiger partial charge >= 0.3 is 11.8 Å². The number of aromatic nitrogens is 1. The second-order valence-corrected chi connectivity index (χ2v) is 6.48. The number of hydrogen-bond acceptors (Lipinski definition) is 4. The van der Waals surface area contributed by atoms with E-state index in [0.29, 0.717) is 5.69 Å². The number of aryl methyl sites for hydroxylation is 1. The molecule has 2 aliphatic rings. The lowest BCUT2D eigenvalue weighted by molar-refractivity contribution is -0.145. The van der Waals surface area contributed by atoms with Gasteiger partial charge in [-0.3, -0.25) is 14.6 Å². The van der Waals surface area contributed by atoms with Gasteiger partial charge in [-0.25, -0.2) is 0 Å². The highest BCUT2D eigenvalue weighted by Crippen LogP contribution is 2.30. The molecule has 2 atom stereocenters. The van der Waals surface area contributed by atoms with Crippen LogP contribution in [0, 0.1) is 6.92 Å². The van der Waals surface area contributed by atoms with Gasteiger partial charge in [0.1, 0.15) is 0 Å². The molecule has 2 fully saturated rings. The summed E-state index contributed by atoms with van der Waals surface area (Å²) in [5, 5.41) is 2.69. The van der Waals surface area contributed by atoms with Crippen LogP contribution in [-0.4, -0.2) is 58.3 Å². The molecular formula is C17H24N4O2. The smallest absolute Gasteiger partial charge is 0.313 e. The largest absolute Gasteiger partial charge is 0.327 e. The maximum atomic E-state index is 12.7. The Morgan fingerprint density at radius 2 is 2.04 bits per heavy atom. The van der Waals surface area contributed by atoms with Crippen LogP contribution in [0.15, 0.2) is 18.5 Å². The second-order valence-electron chi connectivity index (χ2n) is 6.48. The molecule has 0 aromatic carbocycles. The van der Waals surface area contributed by atoms with Crippen molar-refractivity contribution in [3.05, 3.63) is 24.0 Å². The lowest BCUT2D eigenvalue weighted by atomic mass is 10.1. The van der Waals surface area contributed by atoms with Crippen LogP contribution < -0.4 is 5.32 Å². The van der Waals surface area contributed by atoms with Crippen molar-refractivity contribution in [2.24, 2.45) is 0 Å². The molecule has 2 amide bonds. The van der Waals surface area contributed by atoms with E-state index in [9.17, 15) is 9.59 Å². The van der Waals surface area contributed by atoms with Gasteiger partial charge in [0.25, 0.3) is 0 Å². The number of nitrogens with one attached hydrogen (secondary N) is 1. The average molecular weight is 316 g/mol. The highest BCUT2D eigenvalue weighted by molar-refractivity contribution is 6.39. The summed E-state index contributed by atoms with van der Waals surface area (Å²) in [6, 6.07) is 2.18. The number of rotatable bonds is 2. The van der Waals surface area contributed by atoms with Crippen molar-refractivity contribution in [2.45, 2.75) is 45.2 Å². The number of nitrogens with zero attached hydrogens (tertiary/aromatic N) is 3. The molecule has 0 aliphatic carbocycles. The Labute approximate surface area is 136 Å². The fraction of sp³-hybridized carbons (Fsp3) is 0.588. The fourth-order valence-corrected chi connectivity index (χ4v) is 3.69. The number of anilines is 1. The van der Waals surface area contributed by atoms with Gasteiger partial charge in [0, 0.05) is 31.4 Å². The number of hydrogen-bond donors (Lipinski definition) is 1. The van der Waals surface area contributed by atoms with Crippen LogP contribution in [0.4, 0.5) is 5.69 Å². The lowest BCUT2D eigenvalue weighted by Crippen LogP contribution is -2.47. The van der Waals surface area contributed by atoms with E-state index in [2.05, 4.69) is 22.1 Å². The van der Waals surface area contributed by atoms with Crippen LogP contribution in [0.1, 0.15) is 31.7 Å². The SMILES string of the molecule is CCN1CC[C@@H]2CC[C@@H](C1)N2C(=O)C(=O)Nc1cncc(C)c1. The minimum Gasteiger partial charge on any atom is -0.327 e. The van der Waals surface area contributed by atoms with Gasteiger partial charge in [-0.05, 0) is 44.4 Å². The molecule has 2 saturated heterocycles. The molecule has 1 aromatic heterocycles. The molecule has 0 spiro atoms. The zero-order valence-corrected chi connectivity index (χ0v) is 13.8. The Hall–Kier alpha value is -1.95. The van der Waals surface area contributed by atoms with Crippen molar-refractivity contribution in [1.82, 2.24) is 14.8 Å². The van der Waals surface area contributed by atoms with E-state index in [0.717, 1.165) is 44.5 Å². The molecule has 0 radical (unpaired) electrons. The summed E-state index contributed by atoms with van der Waals surface area (Å²) < 4.78 is 0. The van der Waals surface area contributed by atoms with Crippen molar-refractivity contribution in [1.29, 1.82) is 0 Å². The van der Waals surface area contributed by atoms with E-state index in [4.69, 9.17) is 0 Å². The summed E-state index contributed by atoms with van der Waals surface area (Å²) in [6.07, 6.45) is 6.23. The van der Waals surface area contributed by atoms with E-state index >= 15 is 0 Å². The van der Waals surface area contributed by atoms with Gasteiger partial charge in [-0.2, -0.15) is 0 Å². The number of carbonyl (C=O) groups excluding carboxylic acids is 2. The quantitative estimate of drug-likeness (QED) is 0.838. The number of fused-ring (bicyclic) bond motifs is 2. The first-order valence-electron chi connectivity index (χ1n) is 8.36. The van der Waals surface area contributed by atoms with Crippen LogP contribution in [-0.2, 0) is 9.59 Å². The highest BCUT2D eigenvalue weighted by Gasteiger charge is 2.41. The third-order valence-corrected chi connectivity index (χ3v) is 4.88. The van der Waals surface area contributed by atoms with Crippen LogP contribution in [0.3, 0.4) is 0 Å². The monoisotopic (exact) mass is 316 g/mol. The van der Waals surface area contributed by atoms with Crippen molar-refractivity contribution in [2.75, 3.05) is 25.0 Å². The summed E-state index contributed by atoms with van der Waals surface area (Å²) in [7, 11) is 0. The first-order chi connectivity index (χ1) is 11.1. The van der Waals surface area contributed by atoms with E-state index in [1.165, 1.54) is 0 Å². The maximum Gasteiger partial charge on any atom is 0.313 e. The molecular weight excluding hydrogens is 292 g/mol. The van der Waals surface area contributed by atoms with Crippen LogP contribution >= 0.6 is 0 Å². The minimum atomic E-state index is -0.556. The van der Waals surface area contributed by atoms with Crippen molar-refractivity contribution in [3.8, 4) is 0 Å². The van der Waals surface area contributed by atoms with Gasteiger partial charge < -0.3 is 15.1 Å². The Morgan fingerprint density at radius 1 is 1.26 bits per heavy atom. The predicted molar refractivity (Wildman–Crippen MR) is 88.0 cm³/mol. The molecule has 1 N–H and O–H groups in total. The summed E-state index contributed by atoms with van der Waals surface area (Å²) in [5.74, 6) is -0.962. The third-order valence-electron chi connectivity index (χ3n) is 4.88. The van der Waals surface area contributed by atoms with E-state index in [-0.39, 0.29) is 12.1 Å². The van der Waals surface area contributed by atoms with Crippen LogP contribution in [0.25, 0.3) is 0 Å². The number of amides is 2. The van der Waals surface area contributed by atoms with Crippen molar-refractivity contribution in [3.63, 3.8) is 0 Å². The number of pyridine rings is 1. The van der Waals surface area contributed by atoms with Gasteiger partial charge in [-0.1, -0.05) is 6.92 Å². The highest BCUT2D eigenvalue weighted by atomic mass is 16.2. The molecule has 3 rings (SSSR count). The van der Waals surface area contributed by atoms with E-state index < -0.39 is 11.8 Å². The molecule has 23 heavy (non-hydrogen) atoms. The molecule has 2 aliphatic heterocycles. The van der Waals surface area contributed by atoms with E-state index in [1.807, 2.05) is 17.9 Å². The number of carbonyl (C=O) groups is 2. The predicted octanol–water partition coefficient (Wildman–Crippen LogP) is 1.41. The molecule has 1 aromatic rings. The number of likely N-dealkylation sites (N-methyl/N-ethyl adjacent to an activating group) is 1. The summed E-state index contributed by atoms with van der Waals surface area (Å²) in [6.45, 7) is 6.91. The average Bonchev–Trinajstić information content (AvgIpc) is 2.81. The summed E-state index contributed by atoms with van der Waals surface area (Å²) in [4.78, 5) is 33.3. The van der Waals surface area contributed by atoms with Crippen molar-refractivity contribution >= 4 is 17.5 Å². The third kappa shape index (κ3) is 3.37. The second kappa shape index (κ2) is 6.66. The molecule has 3 heterocycles. The van der Waals surface area contributed by atoms with Gasteiger partial charge in [0.2, 0.25) is 0 Å². The normalized spacial score (nSPS) is 24.3.